The lowest BCUT2D eigenvalue weighted by molar-refractivity contribution is 0.0166. The molecule has 1 amide bonds. The van der Waals surface area contributed by atoms with Crippen LogP contribution in [0, 0.1) is 18.3 Å². The lowest BCUT2D eigenvalue weighted by atomic mass is 10.0. The Hall–Kier alpha value is -3.54. The van der Waals surface area contributed by atoms with Gasteiger partial charge in [0.05, 0.1) is 25.5 Å². The fourth-order valence-corrected chi connectivity index (χ4v) is 4.19. The van der Waals surface area contributed by atoms with Gasteiger partial charge in [0, 0.05) is 36.1 Å². The average Bonchev–Trinajstić information content (AvgIpc) is 3.35. The maximum Gasteiger partial charge on any atom is 0.410 e. The second-order valence-electron chi connectivity index (χ2n) is 9.07. The van der Waals surface area contributed by atoms with Crippen molar-refractivity contribution in [3.8, 4) is 22.9 Å². The normalized spacial score (nSPS) is 16.8. The van der Waals surface area contributed by atoms with Crippen LogP contribution in [0.3, 0.4) is 0 Å². The van der Waals surface area contributed by atoms with Gasteiger partial charge >= 0.3 is 6.09 Å². The number of piperidine rings is 1. The van der Waals surface area contributed by atoms with E-state index in [2.05, 4.69) is 16.3 Å². The monoisotopic (exact) mass is 436 g/mol. The van der Waals surface area contributed by atoms with E-state index in [-0.39, 0.29) is 12.1 Å². The first-order valence-corrected chi connectivity index (χ1v) is 10.7. The average molecular weight is 437 g/mol. The van der Waals surface area contributed by atoms with Gasteiger partial charge in [0.1, 0.15) is 28.5 Å². The fraction of sp³-hybridized carbons (Fsp3) is 0.478. The van der Waals surface area contributed by atoms with Crippen molar-refractivity contribution in [1.82, 2.24) is 24.3 Å². The Morgan fingerprint density at radius 3 is 2.75 bits per heavy atom. The number of aromatic nitrogens is 4. The van der Waals surface area contributed by atoms with E-state index in [1.54, 1.807) is 16.5 Å². The number of ether oxygens (including phenoxy) is 2. The van der Waals surface area contributed by atoms with Crippen LogP contribution in [0.15, 0.2) is 24.7 Å². The van der Waals surface area contributed by atoms with Crippen LogP contribution in [0.5, 0.6) is 5.75 Å². The fourth-order valence-electron chi connectivity index (χ4n) is 4.19. The number of amides is 1. The molecule has 0 N–H and O–H groups in total. The van der Waals surface area contributed by atoms with Crippen LogP contribution in [0.25, 0.3) is 16.6 Å². The summed E-state index contributed by atoms with van der Waals surface area (Å²) in [6.07, 6.45) is 6.79. The van der Waals surface area contributed by atoms with Gasteiger partial charge in [-0.2, -0.15) is 15.5 Å². The molecule has 0 saturated carbocycles. The van der Waals surface area contributed by atoms with Gasteiger partial charge in [0.25, 0.3) is 0 Å². The number of hydrogen-bond donors (Lipinski definition) is 0. The summed E-state index contributed by atoms with van der Waals surface area (Å²) in [4.78, 5) is 14.3. The molecule has 1 aliphatic heterocycles. The van der Waals surface area contributed by atoms with Crippen LogP contribution >= 0.6 is 0 Å². The van der Waals surface area contributed by atoms with Gasteiger partial charge in [0.2, 0.25) is 0 Å². The standard InChI is InChI=1S/C23H28N6O3/c1-15-19(16-9-20(31-5)21-17(10-24)11-25-28(21)13-16)12-26-29(15)18-7-6-8-27(14-18)22(30)32-23(2,3)4/h9,11-13,18H,6-8,14H2,1-5H3/t18-/m1/s1. The zero-order valence-electron chi connectivity index (χ0n) is 19.1. The van der Waals surface area contributed by atoms with Crippen LogP contribution in [-0.2, 0) is 4.74 Å². The van der Waals surface area contributed by atoms with E-state index in [1.165, 1.54) is 6.20 Å². The molecular formula is C23H28N6O3. The van der Waals surface area contributed by atoms with Gasteiger partial charge in [-0.1, -0.05) is 0 Å². The van der Waals surface area contributed by atoms with E-state index in [9.17, 15) is 10.1 Å². The Morgan fingerprint density at radius 2 is 2.06 bits per heavy atom. The second kappa shape index (κ2) is 8.19. The second-order valence-corrected chi connectivity index (χ2v) is 9.07. The van der Waals surface area contributed by atoms with Crippen molar-refractivity contribution in [3.05, 3.63) is 35.9 Å². The number of rotatable bonds is 3. The largest absolute Gasteiger partial charge is 0.494 e. The van der Waals surface area contributed by atoms with E-state index in [1.807, 2.05) is 50.8 Å². The zero-order chi connectivity index (χ0) is 23.0. The highest BCUT2D eigenvalue weighted by Gasteiger charge is 2.30. The Balaban J connectivity index is 1.63. The predicted octanol–water partition coefficient (Wildman–Crippen LogP) is 3.96. The smallest absolute Gasteiger partial charge is 0.410 e. The van der Waals surface area contributed by atoms with Crippen LogP contribution < -0.4 is 4.74 Å². The Bertz CT molecular complexity index is 1200. The highest BCUT2D eigenvalue weighted by atomic mass is 16.6. The lowest BCUT2D eigenvalue weighted by Crippen LogP contribution is -2.43. The number of nitriles is 1. The first-order valence-electron chi connectivity index (χ1n) is 10.7. The maximum atomic E-state index is 12.6. The third-order valence-electron chi connectivity index (χ3n) is 5.67. The number of pyridine rings is 1. The molecule has 1 atom stereocenters. The van der Waals surface area contributed by atoms with E-state index in [4.69, 9.17) is 9.47 Å². The van der Waals surface area contributed by atoms with Crippen LogP contribution in [-0.4, -0.2) is 56.2 Å². The highest BCUT2D eigenvalue weighted by molar-refractivity contribution is 5.76. The summed E-state index contributed by atoms with van der Waals surface area (Å²) in [7, 11) is 1.58. The number of carbonyl (C=O) groups excluding carboxylic acids is 1. The molecule has 1 fully saturated rings. The van der Waals surface area contributed by atoms with E-state index in [0.29, 0.717) is 29.9 Å². The van der Waals surface area contributed by atoms with Crippen molar-refractivity contribution in [2.45, 2.75) is 52.2 Å². The van der Waals surface area contributed by atoms with Gasteiger partial charge < -0.3 is 14.4 Å². The summed E-state index contributed by atoms with van der Waals surface area (Å²) in [6.45, 7) is 8.90. The molecule has 0 bridgehead atoms. The molecular weight excluding hydrogens is 408 g/mol. The molecule has 9 nitrogen and oxygen atoms in total. The van der Waals surface area contributed by atoms with Crippen molar-refractivity contribution < 1.29 is 14.3 Å². The minimum atomic E-state index is -0.519. The summed E-state index contributed by atoms with van der Waals surface area (Å²) in [5.74, 6) is 0.581. The minimum absolute atomic E-state index is 0.0746. The molecule has 4 rings (SSSR count). The van der Waals surface area contributed by atoms with E-state index >= 15 is 0 Å². The van der Waals surface area contributed by atoms with Crippen molar-refractivity contribution in [3.63, 3.8) is 0 Å². The Kier molecular flexibility index (Phi) is 5.55. The quantitative estimate of drug-likeness (QED) is 0.616. The molecule has 0 unspecified atom stereocenters. The molecule has 1 aliphatic rings. The van der Waals surface area contributed by atoms with Gasteiger partial charge in [-0.3, -0.25) is 4.68 Å². The molecule has 0 aromatic carbocycles. The number of carbonyl (C=O) groups is 1. The van der Waals surface area contributed by atoms with Gasteiger partial charge in [-0.05, 0) is 46.6 Å². The molecule has 4 heterocycles. The van der Waals surface area contributed by atoms with Crippen molar-refractivity contribution in [2.75, 3.05) is 20.2 Å². The molecule has 1 saturated heterocycles. The predicted molar refractivity (Wildman–Crippen MR) is 118 cm³/mol. The molecule has 32 heavy (non-hydrogen) atoms. The molecule has 0 radical (unpaired) electrons. The SMILES string of the molecule is COc1cc(-c2cnn([C@@H]3CCCN(C(=O)OC(C)(C)C)C3)c2C)cn2ncc(C#N)c12. The molecule has 0 aliphatic carbocycles. The summed E-state index contributed by atoms with van der Waals surface area (Å²) < 4.78 is 14.7. The van der Waals surface area contributed by atoms with E-state index < -0.39 is 5.60 Å². The topological polar surface area (TPSA) is 97.7 Å². The highest BCUT2D eigenvalue weighted by Crippen LogP contribution is 2.33. The summed E-state index contributed by atoms with van der Waals surface area (Å²) >= 11 is 0. The first-order chi connectivity index (χ1) is 15.2. The van der Waals surface area contributed by atoms with Crippen LogP contribution in [0.4, 0.5) is 4.79 Å². The van der Waals surface area contributed by atoms with E-state index in [0.717, 1.165) is 29.7 Å². The van der Waals surface area contributed by atoms with Gasteiger partial charge in [-0.15, -0.1) is 0 Å². The number of fused-ring (bicyclic) bond motifs is 1. The van der Waals surface area contributed by atoms with Gasteiger partial charge in [0.15, 0.2) is 0 Å². The molecule has 9 heteroatoms. The number of hydrogen-bond acceptors (Lipinski definition) is 6. The van der Waals surface area contributed by atoms with Crippen molar-refractivity contribution in [1.29, 1.82) is 5.26 Å². The van der Waals surface area contributed by atoms with Gasteiger partial charge in [-0.25, -0.2) is 9.31 Å². The molecule has 168 valence electrons. The summed E-state index contributed by atoms with van der Waals surface area (Å²) in [5, 5.41) is 18.3. The number of likely N-dealkylation sites (tertiary alicyclic amines) is 1. The maximum absolute atomic E-state index is 12.6. The molecule has 0 spiro atoms. The Morgan fingerprint density at radius 1 is 1.28 bits per heavy atom. The number of methoxy groups -OCH3 is 1. The molecule has 3 aromatic rings. The summed E-state index contributed by atoms with van der Waals surface area (Å²) in [5.41, 5.74) is 3.43. The van der Waals surface area contributed by atoms with Crippen molar-refractivity contribution >= 4 is 11.6 Å². The Labute approximate surface area is 187 Å². The molecule has 3 aromatic heterocycles. The lowest BCUT2D eigenvalue weighted by Gasteiger charge is -2.34. The van der Waals surface area contributed by atoms with Crippen molar-refractivity contribution in [2.24, 2.45) is 0 Å². The third kappa shape index (κ3) is 4.00. The van der Waals surface area contributed by atoms with Crippen LogP contribution in [0.2, 0.25) is 0 Å². The first kappa shape index (κ1) is 21.7. The zero-order valence-corrected chi connectivity index (χ0v) is 19.1. The number of nitrogens with zero attached hydrogens (tertiary/aromatic N) is 6. The van der Waals surface area contributed by atoms with Crippen LogP contribution in [0.1, 0.15) is 50.9 Å². The minimum Gasteiger partial charge on any atom is -0.494 e. The third-order valence-corrected chi connectivity index (χ3v) is 5.67. The summed E-state index contributed by atoms with van der Waals surface area (Å²) in [6, 6.07) is 4.12.